The SMILES string of the molecule is NCc1nc(CN2CCN(CCc3ccccc3)CC2)no1. The molecular weight excluding hydrogens is 278 g/mol. The van der Waals surface area contributed by atoms with Crippen molar-refractivity contribution in [3.05, 3.63) is 47.6 Å². The minimum atomic E-state index is 0.306. The van der Waals surface area contributed by atoms with Crippen LogP contribution in [0.1, 0.15) is 17.3 Å². The van der Waals surface area contributed by atoms with E-state index in [1.165, 1.54) is 5.56 Å². The van der Waals surface area contributed by atoms with Gasteiger partial charge in [0.15, 0.2) is 5.82 Å². The van der Waals surface area contributed by atoms with Crippen LogP contribution in [0.2, 0.25) is 0 Å². The summed E-state index contributed by atoms with van der Waals surface area (Å²) in [6.45, 7) is 6.44. The Morgan fingerprint density at radius 1 is 1.05 bits per heavy atom. The quantitative estimate of drug-likeness (QED) is 0.854. The van der Waals surface area contributed by atoms with Crippen molar-refractivity contribution in [1.29, 1.82) is 0 Å². The van der Waals surface area contributed by atoms with Crippen LogP contribution in [0, 0.1) is 0 Å². The number of benzene rings is 1. The molecule has 0 bridgehead atoms. The average Bonchev–Trinajstić information content (AvgIpc) is 3.03. The first-order chi connectivity index (χ1) is 10.8. The Morgan fingerprint density at radius 2 is 1.77 bits per heavy atom. The second-order valence-electron chi connectivity index (χ2n) is 5.66. The Labute approximate surface area is 130 Å². The summed E-state index contributed by atoms with van der Waals surface area (Å²) in [5.41, 5.74) is 6.89. The van der Waals surface area contributed by atoms with Crippen molar-refractivity contribution in [2.75, 3.05) is 32.7 Å². The molecule has 1 aromatic heterocycles. The molecule has 3 rings (SSSR count). The van der Waals surface area contributed by atoms with Crippen molar-refractivity contribution in [3.63, 3.8) is 0 Å². The van der Waals surface area contributed by atoms with Crippen LogP contribution in [-0.4, -0.2) is 52.7 Å². The molecule has 0 saturated carbocycles. The van der Waals surface area contributed by atoms with Crippen molar-refractivity contribution < 1.29 is 4.52 Å². The summed E-state index contributed by atoms with van der Waals surface area (Å²) in [4.78, 5) is 9.14. The van der Waals surface area contributed by atoms with Crippen LogP contribution < -0.4 is 5.73 Å². The summed E-state index contributed by atoms with van der Waals surface area (Å²) >= 11 is 0. The Balaban J connectivity index is 1.40. The Morgan fingerprint density at radius 3 is 2.45 bits per heavy atom. The molecule has 6 heteroatoms. The first kappa shape index (κ1) is 15.1. The molecule has 1 aliphatic heterocycles. The first-order valence-corrected chi connectivity index (χ1v) is 7.83. The molecule has 0 radical (unpaired) electrons. The van der Waals surface area contributed by atoms with E-state index in [-0.39, 0.29) is 0 Å². The van der Waals surface area contributed by atoms with Gasteiger partial charge in [0, 0.05) is 32.7 Å². The lowest BCUT2D eigenvalue weighted by atomic mass is 10.1. The van der Waals surface area contributed by atoms with Gasteiger partial charge in [-0.3, -0.25) is 4.90 Å². The van der Waals surface area contributed by atoms with Crippen LogP contribution in [0.4, 0.5) is 0 Å². The van der Waals surface area contributed by atoms with Crippen LogP contribution in [0.5, 0.6) is 0 Å². The predicted molar refractivity (Wildman–Crippen MR) is 84.1 cm³/mol. The molecule has 2 N–H and O–H groups in total. The molecule has 6 nitrogen and oxygen atoms in total. The van der Waals surface area contributed by atoms with Gasteiger partial charge < -0.3 is 15.2 Å². The molecule has 1 aromatic carbocycles. The maximum atomic E-state index is 5.48. The zero-order chi connectivity index (χ0) is 15.2. The number of hydrogen-bond acceptors (Lipinski definition) is 6. The van der Waals surface area contributed by atoms with Gasteiger partial charge in [-0.05, 0) is 12.0 Å². The molecule has 0 atom stereocenters. The van der Waals surface area contributed by atoms with Gasteiger partial charge in [-0.15, -0.1) is 0 Å². The number of rotatable bonds is 6. The molecule has 1 aliphatic rings. The predicted octanol–water partition coefficient (Wildman–Crippen LogP) is 0.889. The summed E-state index contributed by atoms with van der Waals surface area (Å²) < 4.78 is 5.04. The highest BCUT2D eigenvalue weighted by Gasteiger charge is 2.18. The molecule has 0 aliphatic carbocycles. The van der Waals surface area contributed by atoms with E-state index in [1.807, 2.05) is 0 Å². The lowest BCUT2D eigenvalue weighted by Gasteiger charge is -2.34. The molecule has 1 saturated heterocycles. The second kappa shape index (κ2) is 7.49. The number of nitrogens with zero attached hydrogens (tertiary/aromatic N) is 4. The maximum absolute atomic E-state index is 5.48. The molecule has 2 heterocycles. The van der Waals surface area contributed by atoms with E-state index in [1.54, 1.807) is 0 Å². The lowest BCUT2D eigenvalue weighted by Crippen LogP contribution is -2.46. The van der Waals surface area contributed by atoms with Crippen LogP contribution >= 0.6 is 0 Å². The number of aromatic nitrogens is 2. The lowest BCUT2D eigenvalue weighted by molar-refractivity contribution is 0.125. The summed E-state index contributed by atoms with van der Waals surface area (Å²) in [7, 11) is 0. The van der Waals surface area contributed by atoms with Gasteiger partial charge in [0.25, 0.3) is 0 Å². The number of piperazine rings is 1. The summed E-state index contributed by atoms with van der Waals surface area (Å²) in [5.74, 6) is 1.25. The monoisotopic (exact) mass is 301 g/mol. The molecule has 1 fully saturated rings. The van der Waals surface area contributed by atoms with Crippen molar-refractivity contribution >= 4 is 0 Å². The van der Waals surface area contributed by atoms with Crippen molar-refractivity contribution in [2.45, 2.75) is 19.5 Å². The van der Waals surface area contributed by atoms with Gasteiger partial charge in [-0.1, -0.05) is 35.5 Å². The van der Waals surface area contributed by atoms with E-state index in [0.717, 1.165) is 51.5 Å². The van der Waals surface area contributed by atoms with Crippen LogP contribution in [-0.2, 0) is 19.5 Å². The Kier molecular flexibility index (Phi) is 5.15. The van der Waals surface area contributed by atoms with E-state index in [9.17, 15) is 0 Å². The van der Waals surface area contributed by atoms with E-state index in [4.69, 9.17) is 10.3 Å². The normalized spacial score (nSPS) is 17.0. The van der Waals surface area contributed by atoms with Gasteiger partial charge in [0.05, 0.1) is 13.1 Å². The molecule has 2 aromatic rings. The third-order valence-electron chi connectivity index (χ3n) is 4.07. The fourth-order valence-corrected chi connectivity index (χ4v) is 2.74. The van der Waals surface area contributed by atoms with Gasteiger partial charge in [-0.2, -0.15) is 4.98 Å². The van der Waals surface area contributed by atoms with E-state index >= 15 is 0 Å². The Hall–Kier alpha value is -1.76. The second-order valence-corrected chi connectivity index (χ2v) is 5.66. The highest BCUT2D eigenvalue weighted by atomic mass is 16.5. The van der Waals surface area contributed by atoms with E-state index < -0.39 is 0 Å². The molecular formula is C16H23N5O. The fraction of sp³-hybridized carbons (Fsp3) is 0.500. The van der Waals surface area contributed by atoms with Crippen molar-refractivity contribution in [1.82, 2.24) is 19.9 Å². The molecule has 118 valence electrons. The molecule has 0 spiro atoms. The third kappa shape index (κ3) is 4.13. The van der Waals surface area contributed by atoms with Crippen LogP contribution in [0.15, 0.2) is 34.9 Å². The van der Waals surface area contributed by atoms with Gasteiger partial charge >= 0.3 is 0 Å². The summed E-state index contributed by atoms with van der Waals surface area (Å²) in [5, 5.41) is 3.95. The van der Waals surface area contributed by atoms with Crippen LogP contribution in [0.3, 0.4) is 0 Å². The molecule has 0 amide bonds. The van der Waals surface area contributed by atoms with Gasteiger partial charge in [-0.25, -0.2) is 0 Å². The number of hydrogen-bond donors (Lipinski definition) is 1. The summed E-state index contributed by atoms with van der Waals surface area (Å²) in [6, 6.07) is 10.7. The highest BCUT2D eigenvalue weighted by molar-refractivity contribution is 5.14. The van der Waals surface area contributed by atoms with E-state index in [2.05, 4.69) is 50.3 Å². The standard InChI is InChI=1S/C16H23N5O/c17-12-16-18-15(19-22-16)13-21-10-8-20(9-11-21)7-6-14-4-2-1-3-5-14/h1-5H,6-13,17H2. The van der Waals surface area contributed by atoms with Gasteiger partial charge in [0.1, 0.15) is 0 Å². The minimum Gasteiger partial charge on any atom is -0.338 e. The largest absolute Gasteiger partial charge is 0.338 e. The fourth-order valence-electron chi connectivity index (χ4n) is 2.74. The average molecular weight is 301 g/mol. The third-order valence-corrected chi connectivity index (χ3v) is 4.07. The summed E-state index contributed by atoms with van der Waals surface area (Å²) in [6.07, 6.45) is 1.12. The maximum Gasteiger partial charge on any atom is 0.240 e. The molecule has 0 unspecified atom stereocenters. The van der Waals surface area contributed by atoms with Crippen molar-refractivity contribution in [2.24, 2.45) is 5.73 Å². The van der Waals surface area contributed by atoms with Gasteiger partial charge in [0.2, 0.25) is 5.89 Å². The molecule has 22 heavy (non-hydrogen) atoms. The zero-order valence-electron chi connectivity index (χ0n) is 12.8. The van der Waals surface area contributed by atoms with Crippen molar-refractivity contribution in [3.8, 4) is 0 Å². The highest BCUT2D eigenvalue weighted by Crippen LogP contribution is 2.08. The Bertz CT molecular complexity index is 563. The minimum absolute atomic E-state index is 0.306. The van der Waals surface area contributed by atoms with Crippen LogP contribution in [0.25, 0.3) is 0 Å². The van der Waals surface area contributed by atoms with E-state index in [0.29, 0.717) is 12.4 Å². The first-order valence-electron chi connectivity index (χ1n) is 7.83. The number of nitrogens with two attached hydrogens (primary N) is 1. The smallest absolute Gasteiger partial charge is 0.240 e. The topological polar surface area (TPSA) is 71.4 Å². The zero-order valence-corrected chi connectivity index (χ0v) is 12.8.